The zero-order chi connectivity index (χ0) is 19.0. The van der Waals surface area contributed by atoms with Crippen LogP contribution in [0.25, 0.3) is 0 Å². The molecular formula is C23H27N4+. The molecule has 4 nitrogen and oxygen atoms in total. The first-order chi connectivity index (χ1) is 13.0. The van der Waals surface area contributed by atoms with Gasteiger partial charge in [-0.2, -0.15) is 10.2 Å². The Morgan fingerprint density at radius 3 is 2.41 bits per heavy atom. The number of benzene rings is 1. The minimum absolute atomic E-state index is 0.0148. The Balaban J connectivity index is 1.94. The van der Waals surface area contributed by atoms with Crippen molar-refractivity contribution in [2.45, 2.75) is 46.2 Å². The normalized spacial score (nSPS) is 15.8. The van der Waals surface area contributed by atoms with Gasteiger partial charge < -0.3 is 0 Å². The van der Waals surface area contributed by atoms with E-state index < -0.39 is 0 Å². The van der Waals surface area contributed by atoms with Crippen LogP contribution in [0.15, 0.2) is 66.3 Å². The molecule has 2 aromatic heterocycles. The molecule has 0 aliphatic heterocycles. The molecule has 0 bridgehead atoms. The van der Waals surface area contributed by atoms with Gasteiger partial charge in [-0.25, -0.2) is 4.68 Å². The smallest absolute Gasteiger partial charge is 0.204 e. The van der Waals surface area contributed by atoms with E-state index >= 15 is 0 Å². The molecule has 1 N–H and O–H groups in total. The van der Waals surface area contributed by atoms with Gasteiger partial charge in [0, 0.05) is 18.7 Å². The minimum Gasteiger partial charge on any atom is -0.204 e. The number of H-pyrrole nitrogens is 1. The number of rotatable bonds is 5. The number of aromatic amines is 1. The molecule has 1 aromatic carbocycles. The zero-order valence-electron chi connectivity index (χ0n) is 16.5. The largest absolute Gasteiger partial charge is 0.286 e. The highest BCUT2D eigenvalue weighted by Crippen LogP contribution is 2.37. The number of hydrogen-bond acceptors (Lipinski definition) is 1. The summed E-state index contributed by atoms with van der Waals surface area (Å²) in [5, 5.41) is 8.44. The Morgan fingerprint density at radius 1 is 1.07 bits per heavy atom. The van der Waals surface area contributed by atoms with Crippen LogP contribution in [0, 0.1) is 27.7 Å². The van der Waals surface area contributed by atoms with E-state index in [4.69, 9.17) is 5.10 Å². The third kappa shape index (κ3) is 3.27. The van der Waals surface area contributed by atoms with E-state index in [0.29, 0.717) is 0 Å². The Hall–Kier alpha value is -2.88. The van der Waals surface area contributed by atoms with Crippen molar-refractivity contribution in [2.24, 2.45) is 0 Å². The first-order valence-corrected chi connectivity index (χ1v) is 9.55. The molecule has 1 aliphatic rings. The lowest BCUT2D eigenvalue weighted by molar-refractivity contribution is -0.786. The standard InChI is InChI=1S/C23H26N4/c1-16-14-18(3)26(24-16)23(27-19(4)15-17(2)25-27)22(21-12-8-9-13-21)20-10-6-5-7-11-20/h5-12,14-15,22-23H,13H2,1-4H3/p+1/t22-/m1/s1. The number of nitrogens with zero attached hydrogens (tertiary/aromatic N) is 3. The quantitative estimate of drug-likeness (QED) is 0.672. The fraction of sp³-hybridized carbons (Fsp3) is 0.304. The number of aromatic nitrogens is 4. The van der Waals surface area contributed by atoms with Gasteiger partial charge in [0.15, 0.2) is 0 Å². The first kappa shape index (κ1) is 17.5. The predicted molar refractivity (Wildman–Crippen MR) is 108 cm³/mol. The average Bonchev–Trinajstić information content (AvgIpc) is 3.35. The van der Waals surface area contributed by atoms with Crippen LogP contribution in [-0.2, 0) is 0 Å². The fourth-order valence-corrected chi connectivity index (χ4v) is 4.21. The van der Waals surface area contributed by atoms with Crippen molar-refractivity contribution in [3.05, 3.63) is 94.6 Å². The fourth-order valence-electron chi connectivity index (χ4n) is 4.21. The maximum atomic E-state index is 4.88. The van der Waals surface area contributed by atoms with Crippen molar-refractivity contribution < 1.29 is 4.68 Å². The number of nitrogens with one attached hydrogen (secondary N) is 1. The molecular weight excluding hydrogens is 332 g/mol. The molecule has 2 atom stereocenters. The number of aryl methyl sites for hydroxylation is 4. The second-order valence-corrected chi connectivity index (χ2v) is 7.50. The van der Waals surface area contributed by atoms with Gasteiger partial charge in [-0.1, -0.05) is 58.8 Å². The molecule has 1 unspecified atom stereocenters. The molecule has 0 radical (unpaired) electrons. The molecule has 27 heavy (non-hydrogen) atoms. The topological polar surface area (TPSA) is 37.5 Å². The predicted octanol–water partition coefficient (Wildman–Crippen LogP) is 4.45. The van der Waals surface area contributed by atoms with Crippen molar-refractivity contribution in [1.82, 2.24) is 14.9 Å². The second kappa shape index (κ2) is 7.03. The molecule has 138 valence electrons. The summed E-state index contributed by atoms with van der Waals surface area (Å²) in [7, 11) is 0. The van der Waals surface area contributed by atoms with E-state index in [-0.39, 0.29) is 12.1 Å². The Labute approximate surface area is 160 Å². The highest BCUT2D eigenvalue weighted by Gasteiger charge is 2.39. The molecule has 4 heteroatoms. The molecule has 0 saturated heterocycles. The molecule has 3 aromatic rings. The van der Waals surface area contributed by atoms with E-state index in [9.17, 15) is 0 Å². The van der Waals surface area contributed by atoms with Gasteiger partial charge in [0.2, 0.25) is 5.69 Å². The van der Waals surface area contributed by atoms with Gasteiger partial charge in [0.05, 0.1) is 17.3 Å². The van der Waals surface area contributed by atoms with Crippen molar-refractivity contribution >= 4 is 0 Å². The van der Waals surface area contributed by atoms with Crippen LogP contribution in [0.5, 0.6) is 0 Å². The van der Waals surface area contributed by atoms with Crippen molar-refractivity contribution in [3.8, 4) is 0 Å². The Bertz CT molecular complexity index is 958. The van der Waals surface area contributed by atoms with Crippen LogP contribution >= 0.6 is 0 Å². The summed E-state index contributed by atoms with van der Waals surface area (Å²) in [6.45, 7) is 8.47. The van der Waals surface area contributed by atoms with Crippen molar-refractivity contribution in [1.29, 1.82) is 0 Å². The number of allylic oxidation sites excluding steroid dienone is 4. The van der Waals surface area contributed by atoms with Crippen LogP contribution in [-0.4, -0.2) is 14.9 Å². The van der Waals surface area contributed by atoms with E-state index in [1.807, 2.05) is 0 Å². The minimum atomic E-state index is 0.0148. The molecule has 4 rings (SSSR count). The van der Waals surface area contributed by atoms with Gasteiger partial charge >= 0.3 is 0 Å². The van der Waals surface area contributed by atoms with Crippen molar-refractivity contribution in [2.75, 3.05) is 0 Å². The van der Waals surface area contributed by atoms with E-state index in [1.165, 1.54) is 22.5 Å². The monoisotopic (exact) mass is 359 g/mol. The maximum absolute atomic E-state index is 4.88. The lowest BCUT2D eigenvalue weighted by Gasteiger charge is -2.25. The SMILES string of the molecule is Cc1cc(C)n(C([C@@H](C2=CC=CC2)c2ccccc2)[n+]2[nH]c(C)cc2C)n1. The van der Waals surface area contributed by atoms with Crippen LogP contribution in [0.1, 0.15) is 46.8 Å². The summed E-state index contributed by atoms with van der Waals surface area (Å²) >= 11 is 0. The summed E-state index contributed by atoms with van der Waals surface area (Å²) in [5.41, 5.74) is 7.30. The lowest BCUT2D eigenvalue weighted by atomic mass is 9.87. The summed E-state index contributed by atoms with van der Waals surface area (Å²) in [6, 6.07) is 15.1. The van der Waals surface area contributed by atoms with E-state index in [0.717, 1.165) is 17.8 Å². The highest BCUT2D eigenvalue weighted by molar-refractivity contribution is 5.36. The Morgan fingerprint density at radius 2 is 1.85 bits per heavy atom. The molecule has 0 fully saturated rings. The van der Waals surface area contributed by atoms with Crippen LogP contribution in [0.2, 0.25) is 0 Å². The van der Waals surface area contributed by atoms with Gasteiger partial charge in [0.25, 0.3) is 6.17 Å². The average molecular weight is 359 g/mol. The highest BCUT2D eigenvalue weighted by atomic mass is 15.5. The van der Waals surface area contributed by atoms with Crippen LogP contribution < -0.4 is 4.68 Å². The molecule has 0 amide bonds. The van der Waals surface area contributed by atoms with E-state index in [1.54, 1.807) is 0 Å². The van der Waals surface area contributed by atoms with E-state index in [2.05, 4.69) is 103 Å². The van der Waals surface area contributed by atoms with Gasteiger partial charge in [-0.05, 0) is 38.8 Å². The summed E-state index contributed by atoms with van der Waals surface area (Å²) in [6.07, 6.45) is 7.67. The molecule has 2 heterocycles. The Kier molecular flexibility index (Phi) is 4.56. The molecule has 0 saturated carbocycles. The third-order valence-electron chi connectivity index (χ3n) is 5.32. The zero-order valence-corrected chi connectivity index (χ0v) is 16.5. The molecule has 0 spiro atoms. The summed E-state index contributed by atoms with van der Waals surface area (Å²) < 4.78 is 4.45. The third-order valence-corrected chi connectivity index (χ3v) is 5.32. The first-order valence-electron chi connectivity index (χ1n) is 9.55. The van der Waals surface area contributed by atoms with Gasteiger partial charge in [-0.15, -0.1) is 0 Å². The van der Waals surface area contributed by atoms with Crippen molar-refractivity contribution in [3.63, 3.8) is 0 Å². The van der Waals surface area contributed by atoms with Gasteiger partial charge in [-0.3, -0.25) is 0 Å². The number of hydrogen-bond donors (Lipinski definition) is 1. The molecule has 1 aliphatic carbocycles. The lowest BCUT2D eigenvalue weighted by Crippen LogP contribution is -2.51. The summed E-state index contributed by atoms with van der Waals surface area (Å²) in [5.74, 6) is 0.195. The van der Waals surface area contributed by atoms with Crippen LogP contribution in [0.3, 0.4) is 0 Å². The maximum Gasteiger partial charge on any atom is 0.286 e. The summed E-state index contributed by atoms with van der Waals surface area (Å²) in [4.78, 5) is 0. The van der Waals surface area contributed by atoms with Gasteiger partial charge in [0.1, 0.15) is 0 Å². The second-order valence-electron chi connectivity index (χ2n) is 7.50. The van der Waals surface area contributed by atoms with Crippen LogP contribution in [0.4, 0.5) is 0 Å².